The van der Waals surface area contributed by atoms with Crippen molar-refractivity contribution in [2.75, 3.05) is 7.05 Å². The second-order valence-electron chi connectivity index (χ2n) is 2.24. The Morgan fingerprint density at radius 1 is 1.55 bits per heavy atom. The first-order chi connectivity index (χ1) is 5.24. The van der Waals surface area contributed by atoms with E-state index in [4.69, 9.17) is 0 Å². The van der Waals surface area contributed by atoms with Gasteiger partial charge in [-0.05, 0) is 17.7 Å². The maximum absolute atomic E-state index is 12.6. The van der Waals surface area contributed by atoms with E-state index in [1.807, 2.05) is 6.07 Å². The molecule has 11 heavy (non-hydrogen) atoms. The van der Waals surface area contributed by atoms with Gasteiger partial charge in [-0.25, -0.2) is 4.39 Å². The zero-order valence-corrected chi connectivity index (χ0v) is 6.39. The van der Waals surface area contributed by atoms with Gasteiger partial charge in [0.1, 0.15) is 5.82 Å². The number of hydrogen-bond acceptors (Lipinski definition) is 1. The largest absolute Gasteiger partial charge is 0.388 e. The molecule has 1 aromatic carbocycles. The number of halogens is 1. The van der Waals surface area contributed by atoms with Crippen LogP contribution in [0.4, 0.5) is 4.39 Å². The van der Waals surface area contributed by atoms with E-state index < -0.39 is 0 Å². The summed E-state index contributed by atoms with van der Waals surface area (Å²) in [5.41, 5.74) is 1.51. The van der Waals surface area contributed by atoms with Gasteiger partial charge in [-0.2, -0.15) is 0 Å². The smallest absolute Gasteiger partial charge is 0.123 e. The van der Waals surface area contributed by atoms with Crippen LogP contribution in [0.5, 0.6) is 0 Å². The second kappa shape index (κ2) is 3.19. The van der Waals surface area contributed by atoms with Gasteiger partial charge in [0.15, 0.2) is 0 Å². The van der Waals surface area contributed by atoms with E-state index in [9.17, 15) is 4.39 Å². The van der Waals surface area contributed by atoms with Crippen LogP contribution < -0.4 is 5.32 Å². The molecule has 0 unspecified atom stereocenters. The highest BCUT2D eigenvalue weighted by Crippen LogP contribution is 2.09. The molecule has 0 aromatic heterocycles. The van der Waals surface area contributed by atoms with Gasteiger partial charge in [0, 0.05) is 12.7 Å². The van der Waals surface area contributed by atoms with Gasteiger partial charge in [0.05, 0.1) is 0 Å². The van der Waals surface area contributed by atoms with Gasteiger partial charge in [-0.1, -0.05) is 18.7 Å². The second-order valence-corrected chi connectivity index (χ2v) is 2.24. The molecule has 0 saturated heterocycles. The lowest BCUT2D eigenvalue weighted by Crippen LogP contribution is -2.02. The SMILES string of the molecule is C=C(NC)c1cccc(F)c1. The standard InChI is InChI=1S/C9H10FN/c1-7(11-2)8-4-3-5-9(10)6-8/h3-6,11H,1H2,2H3. The van der Waals surface area contributed by atoms with Crippen LogP contribution in [0, 0.1) is 5.82 Å². The lowest BCUT2D eigenvalue weighted by atomic mass is 10.2. The molecule has 0 bridgehead atoms. The maximum Gasteiger partial charge on any atom is 0.123 e. The minimum absolute atomic E-state index is 0.237. The summed E-state index contributed by atoms with van der Waals surface area (Å²) in [6.07, 6.45) is 0. The quantitative estimate of drug-likeness (QED) is 0.681. The molecule has 0 atom stereocenters. The van der Waals surface area contributed by atoms with Gasteiger partial charge in [0.25, 0.3) is 0 Å². The molecule has 0 amide bonds. The molecule has 0 spiro atoms. The highest BCUT2D eigenvalue weighted by atomic mass is 19.1. The van der Waals surface area contributed by atoms with Crippen molar-refractivity contribution in [1.29, 1.82) is 0 Å². The van der Waals surface area contributed by atoms with Crippen molar-refractivity contribution in [2.45, 2.75) is 0 Å². The number of nitrogens with one attached hydrogen (secondary N) is 1. The fourth-order valence-corrected chi connectivity index (χ4v) is 0.821. The third kappa shape index (κ3) is 1.80. The van der Waals surface area contributed by atoms with Crippen LogP contribution in [0.2, 0.25) is 0 Å². The summed E-state index contributed by atoms with van der Waals surface area (Å²) in [6.45, 7) is 3.71. The Balaban J connectivity index is 2.96. The Bertz CT molecular complexity index is 268. The molecule has 0 aliphatic carbocycles. The lowest BCUT2D eigenvalue weighted by Gasteiger charge is -2.03. The highest BCUT2D eigenvalue weighted by molar-refractivity contribution is 5.61. The van der Waals surface area contributed by atoms with E-state index >= 15 is 0 Å². The summed E-state index contributed by atoms with van der Waals surface area (Å²) in [5.74, 6) is -0.237. The highest BCUT2D eigenvalue weighted by Gasteiger charge is 1.95. The van der Waals surface area contributed by atoms with E-state index in [2.05, 4.69) is 11.9 Å². The predicted octanol–water partition coefficient (Wildman–Crippen LogP) is 2.02. The summed E-state index contributed by atoms with van der Waals surface area (Å²) in [5, 5.41) is 2.85. The normalized spacial score (nSPS) is 9.27. The van der Waals surface area contributed by atoms with Crippen molar-refractivity contribution in [2.24, 2.45) is 0 Å². The van der Waals surface area contributed by atoms with E-state index in [-0.39, 0.29) is 5.82 Å². The number of benzene rings is 1. The fourth-order valence-electron chi connectivity index (χ4n) is 0.821. The van der Waals surface area contributed by atoms with Crippen molar-refractivity contribution >= 4 is 5.70 Å². The van der Waals surface area contributed by atoms with Gasteiger partial charge in [-0.15, -0.1) is 0 Å². The molecule has 1 nitrogen and oxygen atoms in total. The zero-order valence-electron chi connectivity index (χ0n) is 6.39. The van der Waals surface area contributed by atoms with Crippen LogP contribution in [0.3, 0.4) is 0 Å². The molecule has 1 N–H and O–H groups in total. The van der Waals surface area contributed by atoms with Crippen LogP contribution >= 0.6 is 0 Å². The molecule has 58 valence electrons. The number of rotatable bonds is 2. The fraction of sp³-hybridized carbons (Fsp3) is 0.111. The van der Waals surface area contributed by atoms with Crippen LogP contribution in [-0.2, 0) is 0 Å². The van der Waals surface area contributed by atoms with Crippen molar-refractivity contribution in [1.82, 2.24) is 5.32 Å². The van der Waals surface area contributed by atoms with E-state index in [0.29, 0.717) is 0 Å². The van der Waals surface area contributed by atoms with Gasteiger partial charge in [-0.3, -0.25) is 0 Å². The van der Waals surface area contributed by atoms with Gasteiger partial charge >= 0.3 is 0 Å². The minimum atomic E-state index is -0.237. The minimum Gasteiger partial charge on any atom is -0.388 e. The Morgan fingerprint density at radius 2 is 2.27 bits per heavy atom. The van der Waals surface area contributed by atoms with E-state index in [0.717, 1.165) is 11.3 Å². The molecule has 0 aliphatic heterocycles. The summed E-state index contributed by atoms with van der Waals surface area (Å²) in [6, 6.07) is 6.32. The molecule has 0 fully saturated rings. The molecule has 2 heteroatoms. The molecule has 1 aromatic rings. The van der Waals surface area contributed by atoms with E-state index in [1.54, 1.807) is 13.1 Å². The first kappa shape index (κ1) is 7.79. The van der Waals surface area contributed by atoms with Crippen molar-refractivity contribution in [3.63, 3.8) is 0 Å². The van der Waals surface area contributed by atoms with Gasteiger partial charge < -0.3 is 5.32 Å². The Kier molecular flexibility index (Phi) is 2.26. The Hall–Kier alpha value is -1.31. The van der Waals surface area contributed by atoms with Crippen molar-refractivity contribution in [3.05, 3.63) is 42.2 Å². The average Bonchev–Trinajstić information content (AvgIpc) is 2.03. The van der Waals surface area contributed by atoms with Gasteiger partial charge in [0.2, 0.25) is 0 Å². The van der Waals surface area contributed by atoms with Crippen molar-refractivity contribution in [3.8, 4) is 0 Å². The predicted molar refractivity (Wildman–Crippen MR) is 44.5 cm³/mol. The molecule has 0 saturated carbocycles. The van der Waals surface area contributed by atoms with Crippen LogP contribution in [0.1, 0.15) is 5.56 Å². The van der Waals surface area contributed by atoms with Crippen LogP contribution in [-0.4, -0.2) is 7.05 Å². The van der Waals surface area contributed by atoms with E-state index in [1.165, 1.54) is 12.1 Å². The molecule has 0 heterocycles. The third-order valence-corrected chi connectivity index (χ3v) is 1.47. The summed E-state index contributed by atoms with van der Waals surface area (Å²) in [7, 11) is 1.76. The first-order valence-electron chi connectivity index (χ1n) is 3.36. The lowest BCUT2D eigenvalue weighted by molar-refractivity contribution is 0.627. The summed E-state index contributed by atoms with van der Waals surface area (Å²) < 4.78 is 12.6. The topological polar surface area (TPSA) is 12.0 Å². The summed E-state index contributed by atoms with van der Waals surface area (Å²) in [4.78, 5) is 0. The monoisotopic (exact) mass is 151 g/mol. The van der Waals surface area contributed by atoms with Crippen LogP contribution in [0.25, 0.3) is 5.70 Å². The zero-order chi connectivity index (χ0) is 8.27. The molecule has 1 rings (SSSR count). The Morgan fingerprint density at radius 3 is 2.82 bits per heavy atom. The molecular weight excluding hydrogens is 141 g/mol. The maximum atomic E-state index is 12.6. The van der Waals surface area contributed by atoms with Crippen LogP contribution in [0.15, 0.2) is 30.8 Å². The summed E-state index contributed by atoms with van der Waals surface area (Å²) >= 11 is 0. The number of hydrogen-bond donors (Lipinski definition) is 1. The first-order valence-corrected chi connectivity index (χ1v) is 3.36. The third-order valence-electron chi connectivity index (χ3n) is 1.47. The molecular formula is C9H10FN. The van der Waals surface area contributed by atoms with Crippen molar-refractivity contribution < 1.29 is 4.39 Å². The molecule has 0 aliphatic rings. The molecule has 0 radical (unpaired) electrons. The Labute approximate surface area is 65.6 Å². The average molecular weight is 151 g/mol.